The van der Waals surface area contributed by atoms with Crippen LogP contribution in [-0.4, -0.2) is 0 Å². The predicted octanol–water partition coefficient (Wildman–Crippen LogP) is 16.0. The number of para-hydroxylation sites is 2. The lowest BCUT2D eigenvalue weighted by atomic mass is 9.87. The van der Waals surface area contributed by atoms with E-state index in [-0.39, 0.29) is 10.8 Å². The molecule has 0 bridgehead atoms. The number of hydrogen-bond donors (Lipinski definition) is 0. The number of benzene rings is 8. The molecular formula is C54H46N2O2. The Morgan fingerprint density at radius 1 is 0.362 bits per heavy atom. The van der Waals surface area contributed by atoms with Crippen LogP contribution in [0.4, 0.5) is 34.1 Å². The van der Waals surface area contributed by atoms with E-state index in [0.717, 1.165) is 89.5 Å². The number of fused-ring (bicyclic) bond motifs is 6. The van der Waals surface area contributed by atoms with Gasteiger partial charge in [-0.2, -0.15) is 0 Å². The van der Waals surface area contributed by atoms with Gasteiger partial charge in [0.25, 0.3) is 0 Å². The first-order valence-electron chi connectivity index (χ1n) is 20.2. The van der Waals surface area contributed by atoms with Gasteiger partial charge in [-0.1, -0.05) is 114 Å². The van der Waals surface area contributed by atoms with Gasteiger partial charge in [-0.3, -0.25) is 0 Å². The van der Waals surface area contributed by atoms with Crippen molar-refractivity contribution in [2.24, 2.45) is 0 Å². The standard InChI is InChI=1S/C54H46N2O2/c1-53(2,3)35-20-24-39(25-21-35)55(37-14-9-7-10-15-37)41-28-30-43-46-34-50-51(45-18-13-19-47(52(45)46)57-48(43)32-41)44-31-29-42(33-49(44)58-50)56(38-16-11-8-12-17-38)40-26-22-36(23-27-40)54(4,5)6/h7-34H,1-6H3. The first kappa shape index (κ1) is 35.6. The Morgan fingerprint density at radius 3 is 1.45 bits per heavy atom. The quantitative estimate of drug-likeness (QED) is 0.169. The van der Waals surface area contributed by atoms with Crippen molar-refractivity contribution in [3.8, 4) is 22.6 Å². The molecule has 10 rings (SSSR count). The highest BCUT2D eigenvalue weighted by Crippen LogP contribution is 2.52. The second-order valence-electron chi connectivity index (χ2n) is 17.5. The number of hydrogen-bond acceptors (Lipinski definition) is 4. The van der Waals surface area contributed by atoms with Crippen LogP contribution in [0.1, 0.15) is 52.7 Å². The topological polar surface area (TPSA) is 28.9 Å². The van der Waals surface area contributed by atoms with Crippen molar-refractivity contribution in [2.45, 2.75) is 52.4 Å². The van der Waals surface area contributed by atoms with E-state index < -0.39 is 0 Å². The summed E-state index contributed by atoms with van der Waals surface area (Å²) < 4.78 is 13.7. The van der Waals surface area contributed by atoms with Gasteiger partial charge in [-0.05, 0) is 112 Å². The van der Waals surface area contributed by atoms with Crippen molar-refractivity contribution in [1.29, 1.82) is 0 Å². The van der Waals surface area contributed by atoms with Crippen LogP contribution in [0, 0.1) is 0 Å². The summed E-state index contributed by atoms with van der Waals surface area (Å²) in [4.78, 5) is 4.60. The van der Waals surface area contributed by atoms with E-state index in [0.29, 0.717) is 0 Å². The second-order valence-corrected chi connectivity index (χ2v) is 17.5. The summed E-state index contributed by atoms with van der Waals surface area (Å²) in [6.07, 6.45) is 0. The van der Waals surface area contributed by atoms with Crippen LogP contribution >= 0.6 is 0 Å². The molecule has 0 atom stereocenters. The molecule has 8 aromatic carbocycles. The molecule has 0 radical (unpaired) electrons. The number of anilines is 6. The van der Waals surface area contributed by atoms with Crippen LogP contribution in [-0.2, 0) is 10.8 Å². The minimum atomic E-state index is 0.0686. The van der Waals surface area contributed by atoms with Crippen molar-refractivity contribution in [2.75, 3.05) is 9.80 Å². The Labute approximate surface area is 340 Å². The molecule has 0 N–H and O–H groups in total. The zero-order valence-corrected chi connectivity index (χ0v) is 33.9. The molecule has 4 nitrogen and oxygen atoms in total. The fourth-order valence-corrected chi connectivity index (χ4v) is 8.49. The summed E-state index contributed by atoms with van der Waals surface area (Å²) in [5, 5.41) is 4.40. The Morgan fingerprint density at radius 2 is 0.879 bits per heavy atom. The molecule has 0 spiro atoms. The molecule has 0 amide bonds. The Kier molecular flexibility index (Phi) is 8.24. The Bertz CT molecular complexity index is 2970. The van der Waals surface area contributed by atoms with Gasteiger partial charge in [0.2, 0.25) is 0 Å². The summed E-state index contributed by atoms with van der Waals surface area (Å²) in [7, 11) is 0. The highest BCUT2D eigenvalue weighted by atomic mass is 16.5. The van der Waals surface area contributed by atoms with Crippen molar-refractivity contribution >= 4 is 66.8 Å². The number of rotatable bonds is 6. The van der Waals surface area contributed by atoms with Crippen LogP contribution < -0.4 is 14.5 Å². The highest BCUT2D eigenvalue weighted by molar-refractivity contribution is 6.24. The van der Waals surface area contributed by atoms with Gasteiger partial charge in [0.05, 0.1) is 0 Å². The molecule has 0 saturated carbocycles. The second kappa shape index (κ2) is 13.4. The van der Waals surface area contributed by atoms with Crippen molar-refractivity contribution in [3.05, 3.63) is 181 Å². The van der Waals surface area contributed by atoms with Gasteiger partial charge in [0, 0.05) is 73.5 Å². The molecule has 0 fully saturated rings. The average Bonchev–Trinajstić information content (AvgIpc) is 3.60. The van der Waals surface area contributed by atoms with Gasteiger partial charge in [-0.15, -0.1) is 0 Å². The summed E-state index contributed by atoms with van der Waals surface area (Å²) in [6, 6.07) is 60.7. The predicted molar refractivity (Wildman–Crippen MR) is 244 cm³/mol. The maximum Gasteiger partial charge on any atom is 0.137 e. The van der Waals surface area contributed by atoms with E-state index in [2.05, 4.69) is 221 Å². The third kappa shape index (κ3) is 6.08. The third-order valence-corrected chi connectivity index (χ3v) is 11.5. The molecule has 0 unspecified atom stereocenters. The molecule has 284 valence electrons. The van der Waals surface area contributed by atoms with Gasteiger partial charge in [0.1, 0.15) is 22.7 Å². The van der Waals surface area contributed by atoms with Crippen LogP contribution in [0.15, 0.2) is 174 Å². The average molecular weight is 755 g/mol. The van der Waals surface area contributed by atoms with E-state index in [4.69, 9.17) is 9.15 Å². The maximum absolute atomic E-state index is 6.84. The van der Waals surface area contributed by atoms with Crippen molar-refractivity contribution < 1.29 is 9.15 Å². The molecule has 58 heavy (non-hydrogen) atoms. The third-order valence-electron chi connectivity index (χ3n) is 11.5. The van der Waals surface area contributed by atoms with Gasteiger partial charge >= 0.3 is 0 Å². The van der Waals surface area contributed by atoms with E-state index in [1.165, 1.54) is 11.1 Å². The molecule has 1 aliphatic rings. The molecular weight excluding hydrogens is 709 g/mol. The van der Waals surface area contributed by atoms with Crippen LogP contribution in [0.2, 0.25) is 0 Å². The lowest BCUT2D eigenvalue weighted by molar-refractivity contribution is 0.487. The summed E-state index contributed by atoms with van der Waals surface area (Å²) >= 11 is 0. The molecule has 4 heteroatoms. The summed E-state index contributed by atoms with van der Waals surface area (Å²) in [5.41, 5.74) is 13.0. The first-order chi connectivity index (χ1) is 28.0. The van der Waals surface area contributed by atoms with Gasteiger partial charge in [0.15, 0.2) is 0 Å². The molecule has 0 saturated heterocycles. The largest absolute Gasteiger partial charge is 0.456 e. The molecule has 9 aromatic rings. The van der Waals surface area contributed by atoms with Crippen molar-refractivity contribution in [1.82, 2.24) is 0 Å². The maximum atomic E-state index is 6.84. The van der Waals surface area contributed by atoms with Crippen LogP contribution in [0.5, 0.6) is 11.5 Å². The summed E-state index contributed by atoms with van der Waals surface area (Å²) in [5.74, 6) is 1.67. The van der Waals surface area contributed by atoms with Crippen molar-refractivity contribution in [3.63, 3.8) is 0 Å². The van der Waals surface area contributed by atoms with E-state index in [1.54, 1.807) is 0 Å². The molecule has 0 aliphatic carbocycles. The number of ether oxygens (including phenoxy) is 1. The lowest BCUT2D eigenvalue weighted by Crippen LogP contribution is -2.13. The van der Waals surface area contributed by atoms with E-state index in [9.17, 15) is 0 Å². The van der Waals surface area contributed by atoms with Gasteiger partial charge in [-0.25, -0.2) is 0 Å². The number of furan rings is 1. The van der Waals surface area contributed by atoms with Crippen LogP contribution in [0.3, 0.4) is 0 Å². The lowest BCUT2D eigenvalue weighted by Gasteiger charge is -2.28. The summed E-state index contributed by atoms with van der Waals surface area (Å²) in [6.45, 7) is 13.5. The van der Waals surface area contributed by atoms with E-state index in [1.807, 2.05) is 0 Å². The zero-order valence-electron chi connectivity index (χ0n) is 33.9. The first-order valence-corrected chi connectivity index (χ1v) is 20.2. The molecule has 1 aromatic heterocycles. The normalized spacial score (nSPS) is 12.4. The monoisotopic (exact) mass is 754 g/mol. The smallest absolute Gasteiger partial charge is 0.137 e. The highest BCUT2D eigenvalue weighted by Gasteiger charge is 2.26. The Balaban J connectivity index is 1.09. The zero-order chi connectivity index (χ0) is 39.8. The SMILES string of the molecule is CC(C)(C)c1ccc(N(c2ccccc2)c2ccc3c(c2)Oc2cccc4c2c-3cc2oc3cc(N(c5ccccc5)c5ccc(C(C)(C)C)cc5)ccc3c24)cc1. The Hall–Kier alpha value is -6.78. The minimum absolute atomic E-state index is 0.0686. The molecule has 1 aliphatic heterocycles. The molecule has 2 heterocycles. The van der Waals surface area contributed by atoms with Crippen LogP contribution in [0.25, 0.3) is 43.8 Å². The fourth-order valence-electron chi connectivity index (χ4n) is 8.49. The minimum Gasteiger partial charge on any atom is -0.456 e. The fraction of sp³-hybridized carbons (Fsp3) is 0.148. The van der Waals surface area contributed by atoms with Gasteiger partial charge < -0.3 is 19.0 Å². The number of nitrogens with zero attached hydrogens (tertiary/aromatic N) is 2. The van der Waals surface area contributed by atoms with E-state index >= 15 is 0 Å².